The first-order valence-electron chi connectivity index (χ1n) is 7.23. The average Bonchev–Trinajstić information content (AvgIpc) is 2.91. The first-order valence-corrected chi connectivity index (χ1v) is 8.48. The van der Waals surface area contributed by atoms with Crippen LogP contribution in [0.4, 0.5) is 0 Å². The van der Waals surface area contributed by atoms with E-state index in [2.05, 4.69) is 22.1 Å². The molecule has 0 spiro atoms. The number of rotatable bonds is 5. The number of aliphatic imine (C=N–C) groups is 1. The topological polar surface area (TPSA) is 40.5 Å². The van der Waals surface area contributed by atoms with Crippen LogP contribution in [0.3, 0.4) is 0 Å². The van der Waals surface area contributed by atoms with Gasteiger partial charge in [0, 0.05) is 30.0 Å². The normalized spacial score (nSPS) is 11.5. The number of hydrogen-bond acceptors (Lipinski definition) is 3. The van der Waals surface area contributed by atoms with Gasteiger partial charge in [0.05, 0.1) is 17.7 Å². The number of aryl methyl sites for hydroxylation is 1. The minimum absolute atomic E-state index is 0.657. The van der Waals surface area contributed by atoms with Crippen LogP contribution in [-0.4, -0.2) is 29.4 Å². The summed E-state index contributed by atoms with van der Waals surface area (Å²) in [5.74, 6) is 0.894. The predicted octanol–water partition coefficient (Wildman–Crippen LogP) is 3.70. The molecule has 0 bridgehead atoms. The number of nitrogens with zero attached hydrogens (tertiary/aromatic N) is 3. The largest absolute Gasteiger partial charge is 0.357 e. The summed E-state index contributed by atoms with van der Waals surface area (Å²) in [5.41, 5.74) is 4.13. The fraction of sp³-hybridized carbons (Fsp3) is 0.375. The molecule has 1 heterocycles. The first-order chi connectivity index (χ1) is 10.6. The molecule has 0 unspecified atom stereocenters. The van der Waals surface area contributed by atoms with Crippen molar-refractivity contribution in [2.75, 3.05) is 13.6 Å². The molecule has 0 aliphatic heterocycles. The predicted molar refractivity (Wildman–Crippen MR) is 94.6 cm³/mol. The number of halogens is 1. The van der Waals surface area contributed by atoms with Crippen LogP contribution in [0.5, 0.6) is 0 Å². The smallest absolute Gasteiger partial charge is 0.194 e. The number of aromatic nitrogens is 1. The van der Waals surface area contributed by atoms with E-state index in [-0.39, 0.29) is 0 Å². The summed E-state index contributed by atoms with van der Waals surface area (Å²) in [7, 11) is 2.04. The molecule has 0 amide bonds. The van der Waals surface area contributed by atoms with Crippen LogP contribution in [0.2, 0.25) is 5.02 Å². The number of thiazole rings is 1. The maximum Gasteiger partial charge on any atom is 0.194 e. The molecule has 0 fully saturated rings. The van der Waals surface area contributed by atoms with Gasteiger partial charge in [0.25, 0.3) is 0 Å². The van der Waals surface area contributed by atoms with Gasteiger partial charge in [0.1, 0.15) is 0 Å². The molecule has 1 aromatic carbocycles. The second-order valence-corrected chi connectivity index (χ2v) is 6.39. The van der Waals surface area contributed by atoms with Crippen LogP contribution in [0.1, 0.15) is 23.1 Å². The van der Waals surface area contributed by atoms with E-state index < -0.39 is 0 Å². The summed E-state index contributed by atoms with van der Waals surface area (Å²) < 4.78 is 0. The van der Waals surface area contributed by atoms with Crippen LogP contribution in [-0.2, 0) is 13.1 Å². The van der Waals surface area contributed by atoms with Gasteiger partial charge >= 0.3 is 0 Å². The van der Waals surface area contributed by atoms with Crippen molar-refractivity contribution in [3.63, 3.8) is 0 Å². The van der Waals surface area contributed by atoms with Crippen molar-refractivity contribution in [1.29, 1.82) is 0 Å². The maximum absolute atomic E-state index is 5.93. The zero-order chi connectivity index (χ0) is 15.9. The lowest BCUT2D eigenvalue weighted by molar-refractivity contribution is 0.477. The molecule has 22 heavy (non-hydrogen) atoms. The summed E-state index contributed by atoms with van der Waals surface area (Å²) in [6.45, 7) is 6.37. The summed E-state index contributed by atoms with van der Waals surface area (Å²) in [6, 6.07) is 7.90. The van der Waals surface area contributed by atoms with Crippen molar-refractivity contribution >= 4 is 28.9 Å². The van der Waals surface area contributed by atoms with E-state index in [4.69, 9.17) is 16.6 Å². The van der Waals surface area contributed by atoms with Crippen molar-refractivity contribution in [2.45, 2.75) is 26.9 Å². The van der Waals surface area contributed by atoms with Crippen molar-refractivity contribution in [3.8, 4) is 0 Å². The van der Waals surface area contributed by atoms with Gasteiger partial charge in [-0.1, -0.05) is 23.7 Å². The highest BCUT2D eigenvalue weighted by Crippen LogP contribution is 2.14. The Morgan fingerprint density at radius 1 is 1.36 bits per heavy atom. The number of nitrogens with one attached hydrogen (secondary N) is 1. The highest BCUT2D eigenvalue weighted by molar-refractivity contribution is 7.09. The summed E-state index contributed by atoms with van der Waals surface area (Å²) in [6.07, 6.45) is 0. The van der Waals surface area contributed by atoms with E-state index in [1.54, 1.807) is 11.3 Å². The molecule has 118 valence electrons. The molecule has 6 heteroatoms. The van der Waals surface area contributed by atoms with Gasteiger partial charge in [0.2, 0.25) is 0 Å². The van der Waals surface area contributed by atoms with E-state index in [1.807, 2.05) is 43.7 Å². The van der Waals surface area contributed by atoms with Crippen LogP contribution in [0.15, 0.2) is 34.8 Å². The lowest BCUT2D eigenvalue weighted by atomic mass is 10.2. The maximum atomic E-state index is 5.93. The number of benzene rings is 1. The monoisotopic (exact) mass is 336 g/mol. The molecule has 1 aromatic heterocycles. The minimum Gasteiger partial charge on any atom is -0.357 e. The minimum atomic E-state index is 0.657. The first kappa shape index (κ1) is 16.8. The van der Waals surface area contributed by atoms with E-state index in [9.17, 15) is 0 Å². The Kier molecular flexibility index (Phi) is 6.21. The molecule has 1 N–H and O–H groups in total. The van der Waals surface area contributed by atoms with Crippen LogP contribution in [0, 0.1) is 6.92 Å². The molecule has 0 aliphatic carbocycles. The zero-order valence-corrected chi connectivity index (χ0v) is 14.7. The van der Waals surface area contributed by atoms with E-state index in [0.717, 1.165) is 29.8 Å². The summed E-state index contributed by atoms with van der Waals surface area (Å²) >= 11 is 7.58. The lowest BCUT2D eigenvalue weighted by Crippen LogP contribution is -2.38. The average molecular weight is 337 g/mol. The van der Waals surface area contributed by atoms with Gasteiger partial charge in [-0.25, -0.2) is 9.98 Å². The lowest BCUT2D eigenvalue weighted by Gasteiger charge is -2.22. The molecular weight excluding hydrogens is 316 g/mol. The SMILES string of the molecule is CCNC(=NCc1scnc1C)N(C)Cc1ccc(Cl)cc1. The molecule has 0 saturated carbocycles. The Morgan fingerprint density at radius 2 is 2.09 bits per heavy atom. The van der Waals surface area contributed by atoms with Crippen LogP contribution < -0.4 is 5.32 Å². The summed E-state index contributed by atoms with van der Waals surface area (Å²) in [5, 5.41) is 4.09. The third-order valence-corrected chi connectivity index (χ3v) is 4.42. The van der Waals surface area contributed by atoms with Crippen molar-refractivity contribution in [2.24, 2.45) is 4.99 Å². The molecule has 0 atom stereocenters. The van der Waals surface area contributed by atoms with Gasteiger partial charge in [-0.3, -0.25) is 0 Å². The highest BCUT2D eigenvalue weighted by Gasteiger charge is 2.08. The van der Waals surface area contributed by atoms with Crippen molar-refractivity contribution in [1.82, 2.24) is 15.2 Å². The Hall–Kier alpha value is -1.59. The molecule has 0 aliphatic rings. The van der Waals surface area contributed by atoms with E-state index >= 15 is 0 Å². The molecule has 0 saturated heterocycles. The second kappa shape index (κ2) is 8.15. The quantitative estimate of drug-likeness (QED) is 0.668. The fourth-order valence-corrected chi connectivity index (χ4v) is 2.86. The van der Waals surface area contributed by atoms with Crippen LogP contribution in [0.25, 0.3) is 0 Å². The second-order valence-electron chi connectivity index (χ2n) is 5.01. The van der Waals surface area contributed by atoms with E-state index in [1.165, 1.54) is 10.4 Å². The Labute approximate surface area is 140 Å². The van der Waals surface area contributed by atoms with Crippen molar-refractivity contribution < 1.29 is 0 Å². The van der Waals surface area contributed by atoms with Gasteiger partial charge in [0.15, 0.2) is 5.96 Å². The van der Waals surface area contributed by atoms with Gasteiger partial charge < -0.3 is 10.2 Å². The van der Waals surface area contributed by atoms with Gasteiger partial charge in [-0.05, 0) is 31.5 Å². The molecule has 2 aromatic rings. The Morgan fingerprint density at radius 3 is 2.68 bits per heavy atom. The third kappa shape index (κ3) is 4.71. The number of hydrogen-bond donors (Lipinski definition) is 1. The molecule has 4 nitrogen and oxygen atoms in total. The standard InChI is InChI=1S/C16H21ClN4S/c1-4-18-16(19-9-15-12(2)20-11-22-15)21(3)10-13-5-7-14(17)8-6-13/h5-8,11H,4,9-10H2,1-3H3,(H,18,19). The number of guanidine groups is 1. The van der Waals surface area contributed by atoms with Crippen molar-refractivity contribution in [3.05, 3.63) is 50.9 Å². The molecular formula is C16H21ClN4S. The van der Waals surface area contributed by atoms with E-state index in [0.29, 0.717) is 6.54 Å². The van der Waals surface area contributed by atoms with Gasteiger partial charge in [-0.2, -0.15) is 0 Å². The highest BCUT2D eigenvalue weighted by atomic mass is 35.5. The Balaban J connectivity index is 2.05. The van der Waals surface area contributed by atoms with Crippen LogP contribution >= 0.6 is 22.9 Å². The molecule has 2 rings (SSSR count). The molecule has 0 radical (unpaired) electrons. The van der Waals surface area contributed by atoms with Gasteiger partial charge in [-0.15, -0.1) is 11.3 Å². The fourth-order valence-electron chi connectivity index (χ4n) is 2.03. The third-order valence-electron chi connectivity index (χ3n) is 3.25. The Bertz CT molecular complexity index is 621. The zero-order valence-electron chi connectivity index (χ0n) is 13.1. The summed E-state index contributed by atoms with van der Waals surface area (Å²) in [4.78, 5) is 12.3.